The van der Waals surface area contributed by atoms with E-state index in [0.717, 1.165) is 44.1 Å². The van der Waals surface area contributed by atoms with Crippen molar-refractivity contribution in [1.29, 1.82) is 0 Å². The molecule has 3 heterocycles. The lowest BCUT2D eigenvalue weighted by molar-refractivity contribution is -0.138. The van der Waals surface area contributed by atoms with E-state index >= 15 is 0 Å². The molecule has 0 saturated carbocycles. The van der Waals surface area contributed by atoms with Gasteiger partial charge in [0.2, 0.25) is 5.91 Å². The van der Waals surface area contributed by atoms with E-state index in [-0.39, 0.29) is 18.9 Å². The Morgan fingerprint density at radius 3 is 2.86 bits per heavy atom. The molecule has 1 fully saturated rings. The minimum atomic E-state index is -0.559. The number of rotatable bonds is 9. The van der Waals surface area contributed by atoms with Crippen molar-refractivity contribution in [2.24, 2.45) is 4.99 Å². The lowest BCUT2D eigenvalue weighted by atomic mass is 9.93. The molecule has 4 rings (SSSR count). The smallest absolute Gasteiger partial charge is 0.338 e. The summed E-state index contributed by atoms with van der Waals surface area (Å²) in [4.78, 5) is 34.8. The van der Waals surface area contributed by atoms with Crippen molar-refractivity contribution in [3.05, 3.63) is 69.9 Å². The second-order valence-corrected chi connectivity index (χ2v) is 9.53. The number of nitrogens with one attached hydrogen (secondary N) is 1. The number of carbonyl (C=O) groups excluding carboxylic acids is 2. The number of amides is 1. The number of amidine groups is 1. The second-order valence-electron chi connectivity index (χ2n) is 8.28. The zero-order chi connectivity index (χ0) is 24.8. The van der Waals surface area contributed by atoms with Crippen LogP contribution in [0.3, 0.4) is 0 Å². The number of hydrogen-bond acceptors (Lipinski definition) is 8. The number of benzene rings is 1. The quantitative estimate of drug-likeness (QED) is 0.397. The number of ether oxygens (including phenoxy) is 2. The first kappa shape index (κ1) is 25.5. The molecule has 1 aromatic rings. The minimum absolute atomic E-state index is 0.0877. The van der Waals surface area contributed by atoms with E-state index in [1.54, 1.807) is 13.0 Å². The molecule has 3 aliphatic heterocycles. The normalized spacial score (nSPS) is 20.2. The topological polar surface area (TPSA) is 83.5 Å². The fourth-order valence-corrected chi connectivity index (χ4v) is 5.44. The van der Waals surface area contributed by atoms with E-state index in [1.165, 1.54) is 17.8 Å². The van der Waals surface area contributed by atoms with Gasteiger partial charge in [0.15, 0.2) is 5.17 Å². The van der Waals surface area contributed by atoms with Crippen LogP contribution < -0.4 is 5.32 Å². The molecule has 0 bridgehead atoms. The van der Waals surface area contributed by atoms with Crippen molar-refractivity contribution in [1.82, 2.24) is 15.1 Å². The largest absolute Gasteiger partial charge is 0.458 e. The van der Waals surface area contributed by atoms with Gasteiger partial charge in [-0.3, -0.25) is 9.69 Å². The van der Waals surface area contributed by atoms with Crippen LogP contribution in [0.2, 0.25) is 5.02 Å². The molecule has 1 atom stereocenters. The molecule has 1 aromatic carbocycles. The van der Waals surface area contributed by atoms with Crippen LogP contribution in [0.1, 0.15) is 24.9 Å². The Kier molecular flexibility index (Phi) is 8.67. The lowest BCUT2D eigenvalue weighted by Gasteiger charge is -2.36. The van der Waals surface area contributed by atoms with E-state index < -0.39 is 12.0 Å². The average Bonchev–Trinajstić information content (AvgIpc) is 3.24. The molecule has 0 radical (unpaired) electrons. The first-order valence-corrected chi connectivity index (χ1v) is 12.8. The number of nitrogens with zero attached hydrogens (tertiary/aromatic N) is 3. The number of halogens is 1. The van der Waals surface area contributed by atoms with Crippen LogP contribution in [-0.4, -0.2) is 72.8 Å². The zero-order valence-electron chi connectivity index (χ0n) is 19.7. The summed E-state index contributed by atoms with van der Waals surface area (Å²) in [5.41, 5.74) is 2.45. The SMILES string of the molecule is C=CCOC(=O)C1=C(C)N=C2SC=C(CC(=O)NCCN3CCOCC3)N2[C@H]1c1ccccc1Cl. The number of fused-ring (bicyclic) bond motifs is 1. The van der Waals surface area contributed by atoms with Crippen molar-refractivity contribution in [3.63, 3.8) is 0 Å². The molecule has 1 N–H and O–H groups in total. The molecule has 0 aliphatic carbocycles. The highest BCUT2D eigenvalue weighted by molar-refractivity contribution is 8.16. The molecule has 8 nitrogen and oxygen atoms in total. The van der Waals surface area contributed by atoms with Crippen molar-refractivity contribution in [3.8, 4) is 0 Å². The Morgan fingerprint density at radius 1 is 1.34 bits per heavy atom. The van der Waals surface area contributed by atoms with Gasteiger partial charge in [0.25, 0.3) is 0 Å². The van der Waals surface area contributed by atoms with E-state index in [9.17, 15) is 9.59 Å². The predicted octanol–water partition coefficient (Wildman–Crippen LogP) is 3.48. The van der Waals surface area contributed by atoms with Crippen LogP contribution in [0, 0.1) is 0 Å². The van der Waals surface area contributed by atoms with Gasteiger partial charge in [-0.1, -0.05) is 54.2 Å². The van der Waals surface area contributed by atoms with E-state index in [1.807, 2.05) is 28.5 Å². The minimum Gasteiger partial charge on any atom is -0.458 e. The lowest BCUT2D eigenvalue weighted by Crippen LogP contribution is -2.42. The van der Waals surface area contributed by atoms with Crippen LogP contribution in [0.4, 0.5) is 0 Å². The standard InChI is InChI=1S/C25H29ClN4O4S/c1-3-12-34-24(32)22-17(2)28-25-30(23(22)19-6-4-5-7-20(19)26)18(16-35-25)15-21(31)27-8-9-29-10-13-33-14-11-29/h3-7,16,23H,1,8-15H2,2H3,(H,27,31)/t23-/m0/s1. The molecule has 3 aliphatic rings. The fraction of sp³-hybridized carbons (Fsp3) is 0.400. The highest BCUT2D eigenvalue weighted by Crippen LogP contribution is 2.46. The number of hydrogen-bond donors (Lipinski definition) is 1. The summed E-state index contributed by atoms with van der Waals surface area (Å²) in [7, 11) is 0. The van der Waals surface area contributed by atoms with Crippen molar-refractivity contribution in [2.75, 3.05) is 46.0 Å². The van der Waals surface area contributed by atoms with Gasteiger partial charge in [0, 0.05) is 36.9 Å². The van der Waals surface area contributed by atoms with Crippen LogP contribution in [0.15, 0.2) is 64.3 Å². The van der Waals surface area contributed by atoms with Gasteiger partial charge >= 0.3 is 5.97 Å². The Balaban J connectivity index is 1.53. The van der Waals surface area contributed by atoms with Gasteiger partial charge in [-0.15, -0.1) is 0 Å². The Bertz CT molecular complexity index is 1080. The third kappa shape index (κ3) is 5.98. The fourth-order valence-electron chi connectivity index (χ4n) is 4.24. The van der Waals surface area contributed by atoms with E-state index in [2.05, 4.69) is 21.8 Å². The highest BCUT2D eigenvalue weighted by atomic mass is 35.5. The van der Waals surface area contributed by atoms with Gasteiger partial charge in [-0.05, 0) is 24.0 Å². The summed E-state index contributed by atoms with van der Waals surface area (Å²) in [6, 6.07) is 6.82. The Morgan fingerprint density at radius 2 is 2.11 bits per heavy atom. The number of carbonyl (C=O) groups is 2. The van der Waals surface area contributed by atoms with Crippen LogP contribution in [-0.2, 0) is 19.1 Å². The molecular formula is C25H29ClN4O4S. The molecule has 1 saturated heterocycles. The molecule has 1 amide bonds. The van der Waals surface area contributed by atoms with Crippen molar-refractivity contribution in [2.45, 2.75) is 19.4 Å². The first-order valence-electron chi connectivity index (χ1n) is 11.5. The predicted molar refractivity (Wildman–Crippen MR) is 138 cm³/mol. The molecule has 35 heavy (non-hydrogen) atoms. The molecule has 186 valence electrons. The number of allylic oxidation sites excluding steroid dienone is 1. The van der Waals surface area contributed by atoms with Crippen molar-refractivity contribution < 1.29 is 19.1 Å². The van der Waals surface area contributed by atoms with Gasteiger partial charge in [-0.2, -0.15) is 0 Å². The Labute approximate surface area is 214 Å². The summed E-state index contributed by atoms with van der Waals surface area (Å²) in [5.74, 6) is -0.576. The summed E-state index contributed by atoms with van der Waals surface area (Å²) in [5, 5.41) is 6.14. The van der Waals surface area contributed by atoms with Crippen LogP contribution >= 0.6 is 23.4 Å². The number of aliphatic imine (C=N–C) groups is 1. The Hall–Kier alpha value is -2.59. The van der Waals surface area contributed by atoms with E-state index in [0.29, 0.717) is 28.0 Å². The molecule has 0 aromatic heterocycles. The maximum atomic E-state index is 13.1. The van der Waals surface area contributed by atoms with Gasteiger partial charge < -0.3 is 19.7 Å². The van der Waals surface area contributed by atoms with Crippen LogP contribution in [0.25, 0.3) is 0 Å². The second kappa shape index (κ2) is 11.9. The highest BCUT2D eigenvalue weighted by Gasteiger charge is 2.41. The third-order valence-corrected chi connectivity index (χ3v) is 7.18. The maximum Gasteiger partial charge on any atom is 0.338 e. The van der Waals surface area contributed by atoms with Gasteiger partial charge in [0.1, 0.15) is 6.61 Å². The van der Waals surface area contributed by atoms with Crippen molar-refractivity contribution >= 4 is 40.4 Å². The molecule has 0 spiro atoms. The molecule has 10 heteroatoms. The summed E-state index contributed by atoms with van der Waals surface area (Å²) < 4.78 is 10.8. The number of thioether (sulfide) groups is 1. The van der Waals surface area contributed by atoms with Gasteiger partial charge in [0.05, 0.1) is 36.9 Å². The molecule has 0 unspecified atom stereocenters. The third-order valence-electron chi connectivity index (χ3n) is 5.95. The molecular weight excluding hydrogens is 488 g/mol. The number of morpholine rings is 1. The van der Waals surface area contributed by atoms with E-state index in [4.69, 9.17) is 21.1 Å². The number of esters is 1. The summed E-state index contributed by atoms with van der Waals surface area (Å²) in [6.45, 7) is 10.0. The summed E-state index contributed by atoms with van der Waals surface area (Å²) in [6.07, 6.45) is 1.68. The summed E-state index contributed by atoms with van der Waals surface area (Å²) >= 11 is 8.02. The average molecular weight is 517 g/mol. The first-order chi connectivity index (χ1) is 17.0. The van der Waals surface area contributed by atoms with Crippen LogP contribution in [0.5, 0.6) is 0 Å². The maximum absolute atomic E-state index is 13.1. The monoisotopic (exact) mass is 516 g/mol. The zero-order valence-corrected chi connectivity index (χ0v) is 21.2. The van der Waals surface area contributed by atoms with Gasteiger partial charge in [-0.25, -0.2) is 9.79 Å².